The SMILES string of the molecule is COC(=O)c1ccc(NC(=O)c2cc(-c3cccnc3)nc3c(C)cc(C)cc23)cc1. The van der Waals surface area contributed by atoms with Crippen molar-refractivity contribution in [2.75, 3.05) is 12.4 Å². The minimum Gasteiger partial charge on any atom is -0.465 e. The lowest BCUT2D eigenvalue weighted by atomic mass is 9.99. The Hall–Kier alpha value is -4.06. The van der Waals surface area contributed by atoms with Crippen molar-refractivity contribution < 1.29 is 14.3 Å². The number of anilines is 1. The molecule has 2 heterocycles. The van der Waals surface area contributed by atoms with Crippen LogP contribution in [0.5, 0.6) is 0 Å². The van der Waals surface area contributed by atoms with Gasteiger partial charge in [-0.05, 0) is 67.9 Å². The molecule has 0 saturated carbocycles. The van der Waals surface area contributed by atoms with Crippen molar-refractivity contribution in [3.05, 3.63) is 89.2 Å². The van der Waals surface area contributed by atoms with Crippen molar-refractivity contribution in [2.45, 2.75) is 13.8 Å². The number of carbonyl (C=O) groups excluding carboxylic acids is 2. The molecule has 31 heavy (non-hydrogen) atoms. The Morgan fingerprint density at radius 1 is 1.00 bits per heavy atom. The third-order valence-electron chi connectivity index (χ3n) is 5.01. The minimum absolute atomic E-state index is 0.256. The molecule has 1 amide bonds. The van der Waals surface area contributed by atoms with E-state index < -0.39 is 5.97 Å². The van der Waals surface area contributed by atoms with Crippen LogP contribution in [0.3, 0.4) is 0 Å². The van der Waals surface area contributed by atoms with Crippen molar-refractivity contribution in [1.82, 2.24) is 9.97 Å². The van der Waals surface area contributed by atoms with Crippen LogP contribution < -0.4 is 5.32 Å². The number of aryl methyl sites for hydroxylation is 2. The highest BCUT2D eigenvalue weighted by Crippen LogP contribution is 2.28. The largest absolute Gasteiger partial charge is 0.465 e. The maximum absolute atomic E-state index is 13.3. The molecule has 0 aliphatic rings. The average Bonchev–Trinajstić information content (AvgIpc) is 2.79. The summed E-state index contributed by atoms with van der Waals surface area (Å²) in [5, 5.41) is 3.70. The molecular formula is C25H21N3O3. The Labute approximate surface area is 179 Å². The van der Waals surface area contributed by atoms with Crippen LogP contribution in [-0.4, -0.2) is 29.0 Å². The first-order chi connectivity index (χ1) is 15.0. The number of esters is 1. The molecule has 4 aromatic rings. The van der Waals surface area contributed by atoms with E-state index in [-0.39, 0.29) is 5.91 Å². The zero-order valence-corrected chi connectivity index (χ0v) is 17.5. The second-order valence-electron chi connectivity index (χ2n) is 7.30. The molecule has 0 unspecified atom stereocenters. The van der Waals surface area contributed by atoms with E-state index in [1.54, 1.807) is 42.7 Å². The molecule has 0 bridgehead atoms. The first-order valence-corrected chi connectivity index (χ1v) is 9.78. The minimum atomic E-state index is -0.426. The fourth-order valence-corrected chi connectivity index (χ4v) is 3.54. The van der Waals surface area contributed by atoms with Gasteiger partial charge in [0.1, 0.15) is 0 Å². The highest BCUT2D eigenvalue weighted by molar-refractivity contribution is 6.13. The lowest BCUT2D eigenvalue weighted by Crippen LogP contribution is -2.13. The first-order valence-electron chi connectivity index (χ1n) is 9.78. The predicted molar refractivity (Wildman–Crippen MR) is 120 cm³/mol. The summed E-state index contributed by atoms with van der Waals surface area (Å²) in [6.07, 6.45) is 3.43. The molecular weight excluding hydrogens is 390 g/mol. The van der Waals surface area contributed by atoms with Crippen LogP contribution in [0.25, 0.3) is 22.2 Å². The fourth-order valence-electron chi connectivity index (χ4n) is 3.54. The normalized spacial score (nSPS) is 10.7. The van der Waals surface area contributed by atoms with Crippen LogP contribution in [0.1, 0.15) is 31.8 Å². The number of nitrogens with one attached hydrogen (secondary N) is 1. The van der Waals surface area contributed by atoms with Crippen LogP contribution in [0.15, 0.2) is 67.0 Å². The van der Waals surface area contributed by atoms with Gasteiger partial charge in [0.05, 0.1) is 29.4 Å². The zero-order valence-electron chi connectivity index (χ0n) is 17.5. The van der Waals surface area contributed by atoms with Gasteiger partial charge in [0.15, 0.2) is 0 Å². The molecule has 0 aliphatic carbocycles. The fraction of sp³-hybridized carbons (Fsp3) is 0.120. The van der Waals surface area contributed by atoms with E-state index in [9.17, 15) is 9.59 Å². The van der Waals surface area contributed by atoms with E-state index in [1.807, 2.05) is 32.0 Å². The number of hydrogen-bond donors (Lipinski definition) is 1. The van der Waals surface area contributed by atoms with Crippen molar-refractivity contribution in [2.24, 2.45) is 0 Å². The van der Waals surface area contributed by atoms with Gasteiger partial charge in [-0.25, -0.2) is 9.78 Å². The van der Waals surface area contributed by atoms with Crippen LogP contribution in [-0.2, 0) is 4.74 Å². The number of pyridine rings is 2. The smallest absolute Gasteiger partial charge is 0.337 e. The van der Waals surface area contributed by atoms with Gasteiger partial charge < -0.3 is 10.1 Å². The van der Waals surface area contributed by atoms with E-state index >= 15 is 0 Å². The summed E-state index contributed by atoms with van der Waals surface area (Å²) in [6.45, 7) is 3.98. The predicted octanol–water partition coefficient (Wildman–Crippen LogP) is 4.95. The Balaban J connectivity index is 1.78. The molecule has 0 radical (unpaired) electrons. The van der Waals surface area contributed by atoms with Crippen LogP contribution in [0.2, 0.25) is 0 Å². The molecule has 1 N–H and O–H groups in total. The lowest BCUT2D eigenvalue weighted by Gasteiger charge is -2.13. The molecule has 4 rings (SSSR count). The number of carbonyl (C=O) groups is 2. The van der Waals surface area contributed by atoms with Gasteiger partial charge in [0.2, 0.25) is 0 Å². The molecule has 154 valence electrons. The van der Waals surface area contributed by atoms with Gasteiger partial charge in [0, 0.05) is 29.0 Å². The number of ether oxygens (including phenoxy) is 1. The summed E-state index contributed by atoms with van der Waals surface area (Å²) in [5.41, 5.74) is 5.86. The van der Waals surface area contributed by atoms with Crippen LogP contribution in [0, 0.1) is 13.8 Å². The highest BCUT2D eigenvalue weighted by Gasteiger charge is 2.16. The van der Waals surface area contributed by atoms with Crippen LogP contribution in [0.4, 0.5) is 5.69 Å². The van der Waals surface area contributed by atoms with Crippen molar-refractivity contribution in [3.8, 4) is 11.3 Å². The second kappa shape index (κ2) is 8.36. The van der Waals surface area contributed by atoms with E-state index in [4.69, 9.17) is 9.72 Å². The van der Waals surface area contributed by atoms with Crippen molar-refractivity contribution in [1.29, 1.82) is 0 Å². The molecule has 2 aromatic carbocycles. The maximum atomic E-state index is 13.3. The summed E-state index contributed by atoms with van der Waals surface area (Å²) < 4.78 is 4.71. The maximum Gasteiger partial charge on any atom is 0.337 e. The van der Waals surface area contributed by atoms with E-state index in [2.05, 4.69) is 16.4 Å². The van der Waals surface area contributed by atoms with Gasteiger partial charge in [0.25, 0.3) is 5.91 Å². The third-order valence-corrected chi connectivity index (χ3v) is 5.01. The number of methoxy groups -OCH3 is 1. The Morgan fingerprint density at radius 2 is 1.77 bits per heavy atom. The zero-order chi connectivity index (χ0) is 22.0. The van der Waals surface area contributed by atoms with Gasteiger partial charge in [-0.2, -0.15) is 0 Å². The van der Waals surface area contributed by atoms with E-state index in [1.165, 1.54) is 7.11 Å². The number of aromatic nitrogens is 2. The quantitative estimate of drug-likeness (QED) is 0.481. The summed E-state index contributed by atoms with van der Waals surface area (Å²) in [7, 11) is 1.33. The highest BCUT2D eigenvalue weighted by atomic mass is 16.5. The van der Waals surface area contributed by atoms with Crippen molar-refractivity contribution >= 4 is 28.5 Å². The van der Waals surface area contributed by atoms with Gasteiger partial charge in [-0.15, -0.1) is 0 Å². The third kappa shape index (κ3) is 4.14. The number of amides is 1. The number of nitrogens with zero attached hydrogens (tertiary/aromatic N) is 2. The summed E-state index contributed by atoms with van der Waals surface area (Å²) >= 11 is 0. The Bertz CT molecular complexity index is 1280. The number of hydrogen-bond acceptors (Lipinski definition) is 5. The number of benzene rings is 2. The van der Waals surface area contributed by atoms with E-state index in [0.29, 0.717) is 22.5 Å². The monoisotopic (exact) mass is 411 g/mol. The van der Waals surface area contributed by atoms with Crippen LogP contribution >= 0.6 is 0 Å². The molecule has 0 atom stereocenters. The molecule has 0 aliphatic heterocycles. The number of rotatable bonds is 4. The van der Waals surface area contributed by atoms with E-state index in [0.717, 1.165) is 27.6 Å². The molecule has 0 fully saturated rings. The molecule has 0 spiro atoms. The standard InChI is InChI=1S/C25H21N3O3/c1-15-11-16(2)23-20(12-15)21(13-22(28-23)18-5-4-10-26-14-18)24(29)27-19-8-6-17(7-9-19)25(30)31-3/h4-14H,1-3H3,(H,27,29). The molecule has 2 aromatic heterocycles. The first kappa shape index (κ1) is 20.2. The van der Waals surface area contributed by atoms with Gasteiger partial charge >= 0.3 is 5.97 Å². The summed E-state index contributed by atoms with van der Waals surface area (Å²) in [6, 6.07) is 16.1. The number of fused-ring (bicyclic) bond motifs is 1. The second-order valence-corrected chi connectivity index (χ2v) is 7.30. The van der Waals surface area contributed by atoms with Gasteiger partial charge in [-0.1, -0.05) is 11.6 Å². The summed E-state index contributed by atoms with van der Waals surface area (Å²) in [4.78, 5) is 33.9. The Kier molecular flexibility index (Phi) is 5.45. The molecule has 0 saturated heterocycles. The molecule has 6 heteroatoms. The topological polar surface area (TPSA) is 81.2 Å². The molecule has 6 nitrogen and oxygen atoms in total. The lowest BCUT2D eigenvalue weighted by molar-refractivity contribution is 0.0600. The Morgan fingerprint density at radius 3 is 2.45 bits per heavy atom. The average molecular weight is 411 g/mol. The summed E-state index contributed by atoms with van der Waals surface area (Å²) in [5.74, 6) is -0.682. The van der Waals surface area contributed by atoms with Gasteiger partial charge in [-0.3, -0.25) is 9.78 Å². The van der Waals surface area contributed by atoms with Crippen molar-refractivity contribution in [3.63, 3.8) is 0 Å².